The molecule has 0 aromatic carbocycles. The first kappa shape index (κ1) is 12.1. The smallest absolute Gasteiger partial charge is 0.268 e. The van der Waals surface area contributed by atoms with Gasteiger partial charge in [-0.1, -0.05) is 5.16 Å². The Bertz CT molecular complexity index is 642. The van der Waals surface area contributed by atoms with Gasteiger partial charge in [-0.15, -0.1) is 11.3 Å². The van der Waals surface area contributed by atoms with Gasteiger partial charge in [-0.2, -0.15) is 4.98 Å². The van der Waals surface area contributed by atoms with Crippen molar-refractivity contribution >= 4 is 26.2 Å². The van der Waals surface area contributed by atoms with Crippen LogP contribution in [0.25, 0.3) is 10.8 Å². The minimum atomic E-state index is -3.16. The van der Waals surface area contributed by atoms with E-state index in [-0.39, 0.29) is 11.6 Å². The topological polar surface area (TPSA) is 99.1 Å². The van der Waals surface area contributed by atoms with Crippen molar-refractivity contribution in [3.63, 3.8) is 0 Å². The molecule has 0 aliphatic carbocycles. The van der Waals surface area contributed by atoms with Gasteiger partial charge in [0.05, 0.1) is 9.88 Å². The fourth-order valence-corrected chi connectivity index (χ4v) is 2.81. The Morgan fingerprint density at radius 2 is 2.24 bits per heavy atom. The summed E-state index contributed by atoms with van der Waals surface area (Å²) in [5, 5.41) is 4.28. The van der Waals surface area contributed by atoms with Crippen LogP contribution in [0.3, 0.4) is 0 Å². The number of rotatable bonds is 3. The van der Waals surface area contributed by atoms with Crippen LogP contribution in [-0.2, 0) is 15.6 Å². The maximum Gasteiger partial charge on any atom is 0.268 e. The minimum absolute atomic E-state index is 0.161. The molecule has 2 heterocycles. The van der Waals surface area contributed by atoms with E-state index in [0.717, 1.165) is 16.7 Å². The lowest BCUT2D eigenvalue weighted by atomic mass is 10.3. The van der Waals surface area contributed by atoms with Crippen LogP contribution in [0.5, 0.6) is 0 Å². The molecule has 0 aliphatic heterocycles. The number of aromatic nitrogens is 2. The van der Waals surface area contributed by atoms with Crippen LogP contribution in [0, 0.1) is 6.92 Å². The Kier molecular flexibility index (Phi) is 2.92. The highest BCUT2D eigenvalue weighted by Gasteiger charge is 2.16. The number of hydrogen-bond acceptors (Lipinski definition) is 7. The fraction of sp³-hybridized carbons (Fsp3) is 0.333. The van der Waals surface area contributed by atoms with Crippen molar-refractivity contribution in [2.45, 2.75) is 12.7 Å². The van der Waals surface area contributed by atoms with Crippen molar-refractivity contribution in [1.82, 2.24) is 10.1 Å². The molecule has 2 aromatic heterocycles. The van der Waals surface area contributed by atoms with E-state index >= 15 is 0 Å². The molecule has 0 aliphatic rings. The van der Waals surface area contributed by atoms with Crippen molar-refractivity contribution in [2.24, 2.45) is 0 Å². The highest BCUT2D eigenvalue weighted by molar-refractivity contribution is 7.89. The van der Waals surface area contributed by atoms with Crippen LogP contribution in [0.15, 0.2) is 10.6 Å². The number of anilines is 1. The number of aryl methyl sites for hydroxylation is 1. The van der Waals surface area contributed by atoms with Gasteiger partial charge in [0, 0.05) is 6.26 Å². The number of nitrogens with two attached hydrogens (primary N) is 1. The fourth-order valence-electron chi connectivity index (χ4n) is 1.36. The average Bonchev–Trinajstić information content (AvgIpc) is 2.70. The zero-order valence-electron chi connectivity index (χ0n) is 9.30. The van der Waals surface area contributed by atoms with Gasteiger partial charge < -0.3 is 10.3 Å². The standard InChI is InChI=1S/C9H11N3O3S2/c1-5-3-6(10)16-8(5)9-11-7(12-15-9)4-17(2,13)14/h3H,4,10H2,1-2H3. The first-order valence-electron chi connectivity index (χ1n) is 4.72. The van der Waals surface area contributed by atoms with Gasteiger partial charge in [0.1, 0.15) is 5.75 Å². The molecule has 0 fully saturated rings. The number of thiophene rings is 1. The van der Waals surface area contributed by atoms with E-state index in [1.807, 2.05) is 6.92 Å². The van der Waals surface area contributed by atoms with E-state index in [2.05, 4.69) is 10.1 Å². The molecule has 2 rings (SSSR count). The molecule has 0 unspecified atom stereocenters. The van der Waals surface area contributed by atoms with Crippen molar-refractivity contribution in [1.29, 1.82) is 0 Å². The summed E-state index contributed by atoms with van der Waals surface area (Å²) in [5.41, 5.74) is 6.59. The Labute approximate surface area is 102 Å². The van der Waals surface area contributed by atoms with Crippen LogP contribution in [-0.4, -0.2) is 24.8 Å². The predicted octanol–water partition coefficient (Wildman–Crippen LogP) is 1.23. The molecular weight excluding hydrogens is 262 g/mol. The number of hydrogen-bond donors (Lipinski definition) is 1. The summed E-state index contributed by atoms with van der Waals surface area (Å²) in [6.07, 6.45) is 1.12. The summed E-state index contributed by atoms with van der Waals surface area (Å²) in [7, 11) is -3.16. The predicted molar refractivity (Wildman–Crippen MR) is 65.3 cm³/mol. The monoisotopic (exact) mass is 273 g/mol. The van der Waals surface area contributed by atoms with Gasteiger partial charge in [0.2, 0.25) is 0 Å². The lowest BCUT2D eigenvalue weighted by Gasteiger charge is -1.89. The van der Waals surface area contributed by atoms with Gasteiger partial charge >= 0.3 is 0 Å². The van der Waals surface area contributed by atoms with Crippen molar-refractivity contribution in [3.05, 3.63) is 17.5 Å². The first-order chi connectivity index (χ1) is 7.85. The zero-order chi connectivity index (χ0) is 12.6. The Morgan fingerprint density at radius 1 is 1.53 bits per heavy atom. The Morgan fingerprint density at radius 3 is 2.76 bits per heavy atom. The summed E-state index contributed by atoms with van der Waals surface area (Å²) in [5.74, 6) is 0.243. The molecule has 6 nitrogen and oxygen atoms in total. The second-order valence-corrected chi connectivity index (χ2v) is 6.97. The third kappa shape index (κ3) is 2.83. The molecule has 0 saturated heterocycles. The van der Waals surface area contributed by atoms with Gasteiger partial charge in [-0.25, -0.2) is 8.42 Å². The van der Waals surface area contributed by atoms with Gasteiger partial charge in [-0.05, 0) is 18.6 Å². The molecule has 0 bridgehead atoms. The Hall–Kier alpha value is -1.41. The molecule has 2 N–H and O–H groups in total. The number of nitrogen functional groups attached to an aromatic ring is 1. The van der Waals surface area contributed by atoms with E-state index in [0.29, 0.717) is 10.9 Å². The van der Waals surface area contributed by atoms with Crippen molar-refractivity contribution in [2.75, 3.05) is 12.0 Å². The Balaban J connectivity index is 2.33. The maximum absolute atomic E-state index is 11.1. The molecule has 17 heavy (non-hydrogen) atoms. The average molecular weight is 273 g/mol. The van der Waals surface area contributed by atoms with Gasteiger partial charge in [0.25, 0.3) is 5.89 Å². The molecule has 8 heteroatoms. The summed E-state index contributed by atoms with van der Waals surface area (Å²) < 4.78 is 27.2. The van der Waals surface area contributed by atoms with E-state index in [4.69, 9.17) is 10.3 Å². The van der Waals surface area contributed by atoms with Crippen LogP contribution < -0.4 is 5.73 Å². The lowest BCUT2D eigenvalue weighted by Crippen LogP contribution is -2.02. The third-order valence-electron chi connectivity index (χ3n) is 1.99. The van der Waals surface area contributed by atoms with Crippen LogP contribution >= 0.6 is 11.3 Å². The van der Waals surface area contributed by atoms with Gasteiger partial charge in [0.15, 0.2) is 15.7 Å². The summed E-state index contributed by atoms with van der Waals surface area (Å²) in [4.78, 5) is 4.81. The SMILES string of the molecule is Cc1cc(N)sc1-c1nc(CS(C)(=O)=O)no1. The first-order valence-corrected chi connectivity index (χ1v) is 7.59. The molecule has 0 spiro atoms. The summed E-state index contributed by atoms with van der Waals surface area (Å²) in [6, 6.07) is 1.81. The molecule has 92 valence electrons. The molecule has 0 amide bonds. The molecule has 0 saturated carbocycles. The quantitative estimate of drug-likeness (QED) is 0.903. The zero-order valence-corrected chi connectivity index (χ0v) is 10.9. The highest BCUT2D eigenvalue weighted by Crippen LogP contribution is 2.32. The van der Waals surface area contributed by atoms with Crippen LogP contribution in [0.4, 0.5) is 5.00 Å². The second-order valence-electron chi connectivity index (χ2n) is 3.75. The normalized spacial score (nSPS) is 11.9. The van der Waals surface area contributed by atoms with Crippen LogP contribution in [0.2, 0.25) is 0 Å². The lowest BCUT2D eigenvalue weighted by molar-refractivity contribution is 0.425. The number of nitrogens with zero attached hydrogens (tertiary/aromatic N) is 2. The van der Waals surface area contributed by atoms with Crippen molar-refractivity contribution < 1.29 is 12.9 Å². The van der Waals surface area contributed by atoms with Crippen LogP contribution in [0.1, 0.15) is 11.4 Å². The van der Waals surface area contributed by atoms with E-state index in [1.54, 1.807) is 6.07 Å². The molecule has 0 atom stereocenters. The minimum Gasteiger partial charge on any atom is -0.391 e. The summed E-state index contributed by atoms with van der Waals surface area (Å²) >= 11 is 1.33. The highest BCUT2D eigenvalue weighted by atomic mass is 32.2. The van der Waals surface area contributed by atoms with E-state index < -0.39 is 9.84 Å². The molecule has 0 radical (unpaired) electrons. The number of sulfone groups is 1. The third-order valence-corrected chi connectivity index (χ3v) is 3.83. The molecular formula is C9H11N3O3S2. The van der Waals surface area contributed by atoms with E-state index in [1.165, 1.54) is 11.3 Å². The van der Waals surface area contributed by atoms with E-state index in [9.17, 15) is 8.42 Å². The largest absolute Gasteiger partial charge is 0.391 e. The van der Waals surface area contributed by atoms with Crippen molar-refractivity contribution in [3.8, 4) is 10.8 Å². The molecule has 2 aromatic rings. The summed E-state index contributed by atoms with van der Waals surface area (Å²) in [6.45, 7) is 1.88. The second kappa shape index (κ2) is 4.11. The van der Waals surface area contributed by atoms with Gasteiger partial charge in [-0.3, -0.25) is 0 Å². The maximum atomic E-state index is 11.1.